The predicted octanol–water partition coefficient (Wildman–Crippen LogP) is 4.24. The minimum atomic E-state index is -0.294. The van der Waals surface area contributed by atoms with Crippen LogP contribution in [0.15, 0.2) is 54.6 Å². The van der Waals surface area contributed by atoms with Crippen molar-refractivity contribution in [2.24, 2.45) is 0 Å². The molecule has 31 heavy (non-hydrogen) atoms. The topological polar surface area (TPSA) is 49.9 Å². The molecule has 0 aliphatic carbocycles. The van der Waals surface area contributed by atoms with Crippen molar-refractivity contribution in [3.8, 4) is 5.75 Å². The molecule has 0 bridgehead atoms. The van der Waals surface area contributed by atoms with Crippen molar-refractivity contribution in [2.75, 3.05) is 26.2 Å². The summed E-state index contributed by atoms with van der Waals surface area (Å²) in [5, 5.41) is 0. The van der Waals surface area contributed by atoms with E-state index >= 15 is 0 Å². The first-order chi connectivity index (χ1) is 15.1. The molecule has 5 heteroatoms. The Morgan fingerprint density at radius 2 is 1.55 bits per heavy atom. The molecule has 2 saturated heterocycles. The van der Waals surface area contributed by atoms with Gasteiger partial charge in [-0.15, -0.1) is 0 Å². The van der Waals surface area contributed by atoms with Crippen LogP contribution >= 0.6 is 0 Å². The lowest BCUT2D eigenvalue weighted by molar-refractivity contribution is -0.131. The number of para-hydroxylation sites is 1. The minimum absolute atomic E-state index is 0.0902. The van der Waals surface area contributed by atoms with Gasteiger partial charge in [-0.05, 0) is 43.0 Å². The molecule has 1 spiro atoms. The maximum Gasteiger partial charge on any atom is 0.253 e. The molecule has 2 aromatic carbocycles. The van der Waals surface area contributed by atoms with E-state index < -0.39 is 0 Å². The first-order valence-electron chi connectivity index (χ1n) is 11.5. The molecule has 3 aliphatic heterocycles. The summed E-state index contributed by atoms with van der Waals surface area (Å²) in [6.07, 6.45) is 5.23. The monoisotopic (exact) mass is 418 g/mol. The van der Waals surface area contributed by atoms with Crippen molar-refractivity contribution in [2.45, 2.75) is 50.0 Å². The smallest absolute Gasteiger partial charge is 0.253 e. The first-order valence-corrected chi connectivity index (χ1v) is 11.5. The zero-order chi connectivity index (χ0) is 21.3. The maximum atomic E-state index is 12.9. The Bertz CT molecular complexity index is 944. The van der Waals surface area contributed by atoms with E-state index in [1.54, 1.807) is 0 Å². The van der Waals surface area contributed by atoms with Crippen molar-refractivity contribution < 1.29 is 14.3 Å². The number of nitrogens with zero attached hydrogens (tertiary/aromatic N) is 2. The van der Waals surface area contributed by atoms with Gasteiger partial charge in [0.2, 0.25) is 5.91 Å². The third-order valence-electron chi connectivity index (χ3n) is 7.17. The van der Waals surface area contributed by atoms with Gasteiger partial charge < -0.3 is 14.5 Å². The highest BCUT2D eigenvalue weighted by Crippen LogP contribution is 2.46. The summed E-state index contributed by atoms with van der Waals surface area (Å²) < 4.78 is 6.57. The van der Waals surface area contributed by atoms with Gasteiger partial charge in [0.05, 0.1) is 0 Å². The molecule has 5 rings (SSSR count). The molecule has 2 aromatic rings. The lowest BCUT2D eigenvalue weighted by Crippen LogP contribution is -2.52. The summed E-state index contributed by atoms with van der Waals surface area (Å²) in [7, 11) is 0. The average molecular weight is 419 g/mol. The summed E-state index contributed by atoms with van der Waals surface area (Å²) in [5.74, 6) is 1.45. The molecule has 3 heterocycles. The molecular weight excluding hydrogens is 388 g/mol. The number of piperidine rings is 1. The van der Waals surface area contributed by atoms with E-state index in [4.69, 9.17) is 4.74 Å². The number of hydrogen-bond donors (Lipinski definition) is 0. The molecule has 0 unspecified atom stereocenters. The van der Waals surface area contributed by atoms with Gasteiger partial charge in [-0.1, -0.05) is 36.4 Å². The number of amides is 2. The molecule has 0 aromatic heterocycles. The Morgan fingerprint density at radius 3 is 2.29 bits per heavy atom. The largest absolute Gasteiger partial charge is 0.487 e. The van der Waals surface area contributed by atoms with E-state index in [0.29, 0.717) is 19.5 Å². The number of rotatable bonds is 3. The second-order valence-electron chi connectivity index (χ2n) is 9.17. The van der Waals surface area contributed by atoms with Crippen LogP contribution in [0.2, 0.25) is 0 Å². The normalized spacial score (nSPS) is 22.1. The highest BCUT2D eigenvalue weighted by molar-refractivity contribution is 5.94. The van der Waals surface area contributed by atoms with Crippen molar-refractivity contribution in [3.63, 3.8) is 0 Å². The van der Waals surface area contributed by atoms with Crippen molar-refractivity contribution in [1.29, 1.82) is 0 Å². The first kappa shape index (κ1) is 20.1. The van der Waals surface area contributed by atoms with Crippen LogP contribution in [0.1, 0.15) is 60.4 Å². The summed E-state index contributed by atoms with van der Waals surface area (Å²) in [6.45, 7) is 3.15. The van der Waals surface area contributed by atoms with Gasteiger partial charge in [-0.25, -0.2) is 0 Å². The highest BCUT2D eigenvalue weighted by Gasteiger charge is 2.44. The highest BCUT2D eigenvalue weighted by atomic mass is 16.5. The van der Waals surface area contributed by atoms with Crippen LogP contribution in [0.5, 0.6) is 5.75 Å². The van der Waals surface area contributed by atoms with E-state index in [-0.39, 0.29) is 23.3 Å². The molecule has 5 nitrogen and oxygen atoms in total. The van der Waals surface area contributed by atoms with Crippen LogP contribution in [0.25, 0.3) is 0 Å². The van der Waals surface area contributed by atoms with Gasteiger partial charge in [0, 0.05) is 56.9 Å². The second kappa shape index (κ2) is 8.37. The average Bonchev–Trinajstić information content (AvgIpc) is 3.35. The Labute approximate surface area is 184 Å². The van der Waals surface area contributed by atoms with Crippen LogP contribution in [0.4, 0.5) is 0 Å². The maximum absolute atomic E-state index is 12.9. The lowest BCUT2D eigenvalue weighted by Gasteiger charge is -2.47. The van der Waals surface area contributed by atoms with Crippen molar-refractivity contribution >= 4 is 11.8 Å². The Balaban J connectivity index is 1.31. The quantitative estimate of drug-likeness (QED) is 0.749. The molecule has 0 saturated carbocycles. The Morgan fingerprint density at radius 1 is 0.871 bits per heavy atom. The summed E-state index contributed by atoms with van der Waals surface area (Å²) in [5.41, 5.74) is 1.60. The second-order valence-corrected chi connectivity index (χ2v) is 9.17. The van der Waals surface area contributed by atoms with Gasteiger partial charge in [-0.3, -0.25) is 9.59 Å². The van der Waals surface area contributed by atoms with Gasteiger partial charge in [0.15, 0.2) is 0 Å². The number of likely N-dealkylation sites (tertiary alicyclic amines) is 2. The standard InChI is InChI=1S/C26H30N2O3/c29-24(27-14-6-7-15-27)18-21-19-26(31-23-11-5-4-10-22(21)23)12-16-28(17-13-26)25(30)20-8-2-1-3-9-20/h1-5,8-11,21H,6-7,12-19H2/t21-/m0/s1. The zero-order valence-corrected chi connectivity index (χ0v) is 18.0. The third kappa shape index (κ3) is 4.06. The predicted molar refractivity (Wildman–Crippen MR) is 119 cm³/mol. The Kier molecular flexibility index (Phi) is 5.43. The fourth-order valence-electron chi connectivity index (χ4n) is 5.42. The number of fused-ring (bicyclic) bond motifs is 1. The number of benzene rings is 2. The van der Waals surface area contributed by atoms with Crippen LogP contribution < -0.4 is 4.74 Å². The Hall–Kier alpha value is -2.82. The van der Waals surface area contributed by atoms with Gasteiger partial charge in [-0.2, -0.15) is 0 Å². The third-order valence-corrected chi connectivity index (χ3v) is 7.17. The SMILES string of the molecule is O=C(C[C@H]1CC2(CCN(C(=O)c3ccccc3)CC2)Oc2ccccc21)N1CCCC1. The lowest BCUT2D eigenvalue weighted by atomic mass is 9.76. The molecular formula is C26H30N2O3. The number of carbonyl (C=O) groups excluding carboxylic acids is 2. The van der Waals surface area contributed by atoms with Crippen LogP contribution in [0.3, 0.4) is 0 Å². The fraction of sp³-hybridized carbons (Fsp3) is 0.462. The van der Waals surface area contributed by atoms with Crippen molar-refractivity contribution in [1.82, 2.24) is 9.80 Å². The van der Waals surface area contributed by atoms with E-state index in [9.17, 15) is 9.59 Å². The molecule has 162 valence electrons. The van der Waals surface area contributed by atoms with Crippen LogP contribution in [0, 0.1) is 0 Å². The summed E-state index contributed by atoms with van der Waals surface area (Å²) in [4.78, 5) is 29.7. The summed E-state index contributed by atoms with van der Waals surface area (Å²) >= 11 is 0. The molecule has 2 amide bonds. The van der Waals surface area contributed by atoms with Gasteiger partial charge in [0.1, 0.15) is 11.4 Å². The van der Waals surface area contributed by atoms with Gasteiger partial charge in [0.25, 0.3) is 5.91 Å². The van der Waals surface area contributed by atoms with Crippen LogP contribution in [-0.4, -0.2) is 53.4 Å². The molecule has 2 fully saturated rings. The van der Waals surface area contributed by atoms with E-state index in [1.807, 2.05) is 58.3 Å². The molecule has 1 atom stereocenters. The molecule has 0 radical (unpaired) electrons. The zero-order valence-electron chi connectivity index (χ0n) is 18.0. The number of ether oxygens (including phenoxy) is 1. The van der Waals surface area contributed by atoms with Gasteiger partial charge >= 0.3 is 0 Å². The molecule has 0 N–H and O–H groups in total. The number of carbonyl (C=O) groups is 2. The van der Waals surface area contributed by atoms with E-state index in [1.165, 1.54) is 0 Å². The van der Waals surface area contributed by atoms with E-state index in [2.05, 4.69) is 6.07 Å². The van der Waals surface area contributed by atoms with Crippen LogP contribution in [-0.2, 0) is 4.79 Å². The summed E-state index contributed by atoms with van der Waals surface area (Å²) in [6, 6.07) is 17.7. The van der Waals surface area contributed by atoms with Crippen molar-refractivity contribution in [3.05, 3.63) is 65.7 Å². The molecule has 3 aliphatic rings. The van der Waals surface area contributed by atoms with E-state index in [0.717, 1.165) is 62.1 Å². The fourth-order valence-corrected chi connectivity index (χ4v) is 5.42. The minimum Gasteiger partial charge on any atom is -0.487 e. The number of hydrogen-bond acceptors (Lipinski definition) is 3.